The normalized spacial score (nSPS) is 24.1. The zero-order chi connectivity index (χ0) is 57.9. The lowest BCUT2D eigenvalue weighted by Gasteiger charge is -2.48. The van der Waals surface area contributed by atoms with E-state index in [0.717, 1.165) is 175 Å². The zero-order valence-electron chi connectivity index (χ0n) is 51.8. The third-order valence-corrected chi connectivity index (χ3v) is 19.2. The smallest absolute Gasteiger partial charge is 0.288 e. The molecular formula is C64H121BrN10O7. The molecule has 0 radical (unpaired) electrons. The third-order valence-electron chi connectivity index (χ3n) is 18.7. The highest BCUT2D eigenvalue weighted by atomic mass is 79.9. The molecule has 5 heterocycles. The standard InChI is InChI=1S/C15H30N2O.C14H24N4O.C11H18N2O.C11H22N2O.C6H13BrO2.C6H10O.CH4/c1-14(2)12-16-13-15(6-4-3-5-7-15)17-8-10-18-11-9-17;15-13-16-6-7-17(13)12-14(4-2-1-3-5-14)18-8-10-19-11-9-18;1-12-11(5-3-2-4-6-11)13-7-9-14-10-8-13;12-10-11(4-2-1-3-5-11)13-6-8-14-9-7-13;1-3-8-6(5-7)9-4-2;7-6-4-2-1-3-5-6;/h14,16H,3-13H2,1-2H3;6-7H,1-5,8-12H2,(H2,15,16);2-10H2;1-10,12H2;6H,3-5H2,1-2H3;1-5H2;1H4. The van der Waals surface area contributed by atoms with E-state index in [1.807, 2.05) is 20.0 Å². The first kappa shape index (κ1) is 72.6. The van der Waals surface area contributed by atoms with Crippen LogP contribution < -0.4 is 16.8 Å². The van der Waals surface area contributed by atoms with Crippen molar-refractivity contribution in [3.63, 3.8) is 0 Å². The number of hydrogen-bond acceptors (Lipinski definition) is 15. The van der Waals surface area contributed by atoms with Gasteiger partial charge in [0.1, 0.15) is 5.78 Å². The van der Waals surface area contributed by atoms with E-state index < -0.39 is 0 Å². The number of nitrogen functional groups attached to an aromatic ring is 1. The van der Waals surface area contributed by atoms with E-state index in [0.29, 0.717) is 36.0 Å². The first-order valence-corrected chi connectivity index (χ1v) is 33.8. The number of carbonyl (C=O) groups is 1. The molecule has 10 rings (SSSR count). The Morgan fingerprint density at radius 3 is 1.38 bits per heavy atom. The Balaban J connectivity index is 0.000000217. The summed E-state index contributed by atoms with van der Waals surface area (Å²) in [6.45, 7) is 36.8. The van der Waals surface area contributed by atoms with Crippen molar-refractivity contribution in [2.24, 2.45) is 11.7 Å². The van der Waals surface area contributed by atoms with Crippen LogP contribution in [0.25, 0.3) is 4.85 Å². The maximum atomic E-state index is 10.5. The highest BCUT2D eigenvalue weighted by Gasteiger charge is 2.45. The number of anilines is 1. The van der Waals surface area contributed by atoms with E-state index in [1.54, 1.807) is 6.20 Å². The van der Waals surface area contributed by atoms with Gasteiger partial charge in [0.05, 0.1) is 58.2 Å². The van der Waals surface area contributed by atoms with E-state index >= 15 is 0 Å². The van der Waals surface area contributed by atoms with Gasteiger partial charge in [-0.1, -0.05) is 108 Å². The molecule has 5 saturated carbocycles. The van der Waals surface area contributed by atoms with E-state index in [-0.39, 0.29) is 24.9 Å². The fraction of sp³-hybridized carbons (Fsp3) is 0.922. The third kappa shape index (κ3) is 24.4. The monoisotopic (exact) mass is 1220 g/mol. The number of aromatic nitrogens is 2. The lowest BCUT2D eigenvalue weighted by Crippen LogP contribution is -2.59. The molecule has 4 saturated heterocycles. The van der Waals surface area contributed by atoms with E-state index in [1.165, 1.54) is 129 Å². The van der Waals surface area contributed by atoms with Gasteiger partial charge in [0.25, 0.3) is 5.66 Å². The molecule has 0 bridgehead atoms. The van der Waals surface area contributed by atoms with Crippen LogP contribution in [0, 0.1) is 12.5 Å². The SMILES string of the molecule is C.CC(C)CNCC1(N2CCOCC2)CCCCC1.CCOC(CBr)OCC.NCC1(N2CCOCC2)CCCCC1.Nc1nccn1CC1(N2CCOCC2)CCCCC1.O=C1CCCCC1.[C-]#[N+]C1(N2CCOCC2)CCCCC1. The lowest BCUT2D eigenvalue weighted by atomic mass is 9.79. The minimum Gasteiger partial charge on any atom is -0.379 e. The molecule has 5 aliphatic carbocycles. The number of nitrogens with two attached hydrogens (primary N) is 2. The largest absolute Gasteiger partial charge is 0.379 e. The van der Waals surface area contributed by atoms with E-state index in [2.05, 4.69) is 69.1 Å². The highest BCUT2D eigenvalue weighted by Crippen LogP contribution is 2.38. The Labute approximate surface area is 508 Å². The summed E-state index contributed by atoms with van der Waals surface area (Å²) in [6, 6.07) is 0. The fourth-order valence-electron chi connectivity index (χ4n) is 14.0. The number of imidazole rings is 1. The predicted molar refractivity (Wildman–Crippen MR) is 338 cm³/mol. The van der Waals surface area contributed by atoms with Crippen molar-refractivity contribution in [2.45, 2.75) is 231 Å². The van der Waals surface area contributed by atoms with Gasteiger partial charge in [0.2, 0.25) is 0 Å². The molecule has 82 heavy (non-hydrogen) atoms. The second-order valence-electron chi connectivity index (χ2n) is 24.6. The van der Waals surface area contributed by atoms with Gasteiger partial charge in [-0.3, -0.25) is 24.3 Å². The summed E-state index contributed by atoms with van der Waals surface area (Å²) in [7, 11) is 0. The van der Waals surface area contributed by atoms with Crippen molar-refractivity contribution in [1.82, 2.24) is 34.5 Å². The van der Waals surface area contributed by atoms with Gasteiger partial charge >= 0.3 is 0 Å². The number of Topliss-reactive ketones (excluding diaryl/α,β-unsaturated/α-hetero) is 1. The van der Waals surface area contributed by atoms with Crippen LogP contribution in [0.3, 0.4) is 0 Å². The number of ketones is 1. The molecule has 4 aliphatic heterocycles. The van der Waals surface area contributed by atoms with Crippen LogP contribution in [0.15, 0.2) is 12.4 Å². The minimum absolute atomic E-state index is 0. The molecule has 0 spiro atoms. The number of ether oxygens (including phenoxy) is 6. The molecular weight excluding hydrogens is 1100 g/mol. The van der Waals surface area contributed by atoms with Crippen LogP contribution in [0.2, 0.25) is 0 Å². The summed E-state index contributed by atoms with van der Waals surface area (Å²) >= 11 is 3.27. The van der Waals surface area contributed by atoms with Crippen molar-refractivity contribution >= 4 is 27.7 Å². The van der Waals surface area contributed by atoms with E-state index in [9.17, 15) is 4.79 Å². The summed E-state index contributed by atoms with van der Waals surface area (Å²) in [5.41, 5.74) is 12.8. The lowest BCUT2D eigenvalue weighted by molar-refractivity contribution is -0.120. The molecule has 18 heteroatoms. The van der Waals surface area contributed by atoms with Crippen LogP contribution >= 0.6 is 15.9 Å². The second kappa shape index (κ2) is 41.3. The van der Waals surface area contributed by atoms with Crippen LogP contribution in [0.4, 0.5) is 5.95 Å². The maximum absolute atomic E-state index is 10.5. The molecule has 0 amide bonds. The highest BCUT2D eigenvalue weighted by molar-refractivity contribution is 9.09. The molecule has 0 aromatic carbocycles. The van der Waals surface area contributed by atoms with Gasteiger partial charge in [-0.2, -0.15) is 0 Å². The average Bonchev–Trinajstić information content (AvgIpc) is 4.00. The summed E-state index contributed by atoms with van der Waals surface area (Å²) in [4.78, 5) is 28.8. The summed E-state index contributed by atoms with van der Waals surface area (Å²) < 4.78 is 34.2. The molecule has 0 unspecified atom stereocenters. The summed E-state index contributed by atoms with van der Waals surface area (Å²) in [5.74, 6) is 1.85. The number of nitrogens with one attached hydrogen (secondary N) is 1. The number of alkyl halides is 1. The molecule has 5 N–H and O–H groups in total. The predicted octanol–water partition coefficient (Wildman–Crippen LogP) is 10.6. The van der Waals surface area contributed by atoms with Crippen molar-refractivity contribution in [2.75, 3.05) is 149 Å². The van der Waals surface area contributed by atoms with Crippen molar-refractivity contribution in [3.05, 3.63) is 23.8 Å². The Morgan fingerprint density at radius 1 is 0.622 bits per heavy atom. The summed E-state index contributed by atoms with van der Waals surface area (Å²) in [6.07, 6.45) is 35.1. The first-order valence-electron chi connectivity index (χ1n) is 32.7. The van der Waals surface area contributed by atoms with Crippen molar-refractivity contribution in [3.8, 4) is 0 Å². The maximum Gasteiger partial charge on any atom is 0.288 e. The molecule has 9 fully saturated rings. The van der Waals surface area contributed by atoms with Crippen LogP contribution in [0.1, 0.15) is 196 Å². The van der Waals surface area contributed by atoms with Gasteiger partial charge in [0.15, 0.2) is 12.2 Å². The van der Waals surface area contributed by atoms with Crippen molar-refractivity contribution in [1.29, 1.82) is 0 Å². The fourth-order valence-corrected chi connectivity index (χ4v) is 14.4. The summed E-state index contributed by atoms with van der Waals surface area (Å²) in [5, 5.41) is 4.45. The Bertz CT molecular complexity index is 1780. The van der Waals surface area contributed by atoms with Gasteiger partial charge in [-0.15, -0.1) is 0 Å². The van der Waals surface area contributed by atoms with Crippen molar-refractivity contribution < 1.29 is 33.2 Å². The quantitative estimate of drug-likeness (QED) is 0.0811. The Morgan fingerprint density at radius 2 is 1.01 bits per heavy atom. The number of morpholine rings is 4. The van der Waals surface area contributed by atoms with Gasteiger partial charge in [0, 0.05) is 140 Å². The molecule has 1 aromatic heterocycles. The molecule has 0 atom stereocenters. The van der Waals surface area contributed by atoms with Crippen LogP contribution in [-0.2, 0) is 39.8 Å². The van der Waals surface area contributed by atoms with Crippen LogP contribution in [-0.4, -0.2) is 207 Å². The number of carbonyl (C=O) groups excluding carboxylic acids is 1. The average molecular weight is 1220 g/mol. The van der Waals surface area contributed by atoms with Gasteiger partial charge in [-0.05, 0) is 90.5 Å². The first-order chi connectivity index (χ1) is 39.5. The topological polar surface area (TPSA) is 172 Å². The number of rotatable bonds is 16. The number of halogens is 1. The Hall–Kier alpha value is -1.83. The zero-order valence-corrected chi connectivity index (χ0v) is 53.4. The Kier molecular flexibility index (Phi) is 36.6. The molecule has 476 valence electrons. The molecule has 1 aromatic rings. The number of nitrogens with zero attached hydrogens (tertiary/aromatic N) is 7. The van der Waals surface area contributed by atoms with E-state index in [4.69, 9.17) is 46.5 Å². The van der Waals surface area contributed by atoms with Crippen LogP contribution in [0.5, 0.6) is 0 Å². The molecule has 17 nitrogen and oxygen atoms in total. The number of hydrogen-bond donors (Lipinski definition) is 3. The van der Waals surface area contributed by atoms with Gasteiger partial charge < -0.3 is 49.8 Å². The second-order valence-corrected chi connectivity index (χ2v) is 25.3. The minimum atomic E-state index is -0.165. The molecule has 9 aliphatic rings. The van der Waals surface area contributed by atoms with Gasteiger partial charge in [-0.25, -0.2) is 16.5 Å².